The predicted octanol–water partition coefficient (Wildman–Crippen LogP) is 2.68. The van der Waals surface area contributed by atoms with Crippen molar-refractivity contribution in [2.45, 2.75) is 39.2 Å². The van der Waals surface area contributed by atoms with E-state index >= 15 is 0 Å². The summed E-state index contributed by atoms with van der Waals surface area (Å²) in [5, 5.41) is 14.0. The van der Waals surface area contributed by atoms with Crippen molar-refractivity contribution in [1.29, 1.82) is 0 Å². The molecular formula is C13H19N3O3. The lowest BCUT2D eigenvalue weighted by molar-refractivity contribution is -0.384. The van der Waals surface area contributed by atoms with Crippen LogP contribution in [0, 0.1) is 10.1 Å². The van der Waals surface area contributed by atoms with Gasteiger partial charge in [0.15, 0.2) is 0 Å². The van der Waals surface area contributed by atoms with Gasteiger partial charge in [-0.05, 0) is 25.5 Å². The van der Waals surface area contributed by atoms with Crippen LogP contribution in [0.2, 0.25) is 0 Å². The summed E-state index contributed by atoms with van der Waals surface area (Å²) in [4.78, 5) is 21.6. The number of amides is 1. The number of primary amides is 1. The number of hydrogen-bond donors (Lipinski definition) is 2. The van der Waals surface area contributed by atoms with Crippen molar-refractivity contribution in [1.82, 2.24) is 0 Å². The minimum absolute atomic E-state index is 0.0478. The minimum atomic E-state index is -0.598. The van der Waals surface area contributed by atoms with Gasteiger partial charge >= 0.3 is 0 Å². The van der Waals surface area contributed by atoms with Gasteiger partial charge in [-0.1, -0.05) is 19.8 Å². The zero-order valence-electron chi connectivity index (χ0n) is 11.2. The number of nitrogens with zero attached hydrogens (tertiary/aromatic N) is 1. The third kappa shape index (κ3) is 4.24. The minimum Gasteiger partial charge on any atom is -0.377 e. The third-order valence-corrected chi connectivity index (χ3v) is 2.87. The molecule has 6 heteroatoms. The molecule has 1 aromatic carbocycles. The van der Waals surface area contributed by atoms with Crippen molar-refractivity contribution >= 4 is 17.3 Å². The molecule has 0 saturated heterocycles. The number of carbonyl (C=O) groups excluding carboxylic acids is 1. The van der Waals surface area contributed by atoms with Crippen LogP contribution in [-0.2, 0) is 0 Å². The second-order valence-corrected chi connectivity index (χ2v) is 4.54. The molecule has 0 aliphatic rings. The number of hydrogen-bond acceptors (Lipinski definition) is 4. The van der Waals surface area contributed by atoms with E-state index in [2.05, 4.69) is 12.2 Å². The van der Waals surface area contributed by atoms with Crippen molar-refractivity contribution in [3.05, 3.63) is 33.9 Å². The highest BCUT2D eigenvalue weighted by Crippen LogP contribution is 2.26. The number of carbonyl (C=O) groups is 1. The molecule has 19 heavy (non-hydrogen) atoms. The van der Waals surface area contributed by atoms with Crippen LogP contribution < -0.4 is 11.1 Å². The highest BCUT2D eigenvalue weighted by atomic mass is 16.6. The molecule has 0 radical (unpaired) electrons. The van der Waals surface area contributed by atoms with E-state index in [1.54, 1.807) is 0 Å². The Balaban J connectivity index is 2.97. The molecule has 0 saturated carbocycles. The number of benzene rings is 1. The van der Waals surface area contributed by atoms with Crippen LogP contribution >= 0.6 is 0 Å². The molecule has 1 aromatic rings. The average molecular weight is 265 g/mol. The van der Waals surface area contributed by atoms with Gasteiger partial charge in [0.05, 0.1) is 4.92 Å². The smallest absolute Gasteiger partial charge is 0.292 e. The van der Waals surface area contributed by atoms with Crippen molar-refractivity contribution in [3.63, 3.8) is 0 Å². The van der Waals surface area contributed by atoms with Crippen molar-refractivity contribution in [2.24, 2.45) is 5.73 Å². The second kappa shape index (κ2) is 6.72. The van der Waals surface area contributed by atoms with E-state index in [-0.39, 0.29) is 17.3 Å². The summed E-state index contributed by atoms with van der Waals surface area (Å²) < 4.78 is 0. The van der Waals surface area contributed by atoms with Gasteiger partial charge in [0.2, 0.25) is 5.91 Å². The van der Waals surface area contributed by atoms with Gasteiger partial charge in [0, 0.05) is 17.7 Å². The highest BCUT2D eigenvalue weighted by molar-refractivity contribution is 5.94. The summed E-state index contributed by atoms with van der Waals surface area (Å²) >= 11 is 0. The molecule has 6 nitrogen and oxygen atoms in total. The van der Waals surface area contributed by atoms with Crippen molar-refractivity contribution < 1.29 is 9.72 Å². The maximum Gasteiger partial charge on any atom is 0.292 e. The summed E-state index contributed by atoms with van der Waals surface area (Å²) in [6, 6.07) is 4.20. The topological polar surface area (TPSA) is 98.3 Å². The van der Waals surface area contributed by atoms with Crippen LogP contribution in [0.4, 0.5) is 11.4 Å². The molecule has 1 unspecified atom stereocenters. The van der Waals surface area contributed by atoms with Gasteiger partial charge in [-0.3, -0.25) is 14.9 Å². The van der Waals surface area contributed by atoms with Crippen LogP contribution in [0.1, 0.15) is 43.5 Å². The summed E-state index contributed by atoms with van der Waals surface area (Å²) in [6.07, 6.45) is 3.02. The molecule has 0 aromatic heterocycles. The standard InChI is InChI=1S/C13H19N3O3/c1-3-4-5-9(2)15-11-8-10(13(14)17)6-7-12(11)16(18)19/h6-9,15H,3-5H2,1-2H3,(H2,14,17). The predicted molar refractivity (Wildman–Crippen MR) is 74.2 cm³/mol. The van der Waals surface area contributed by atoms with E-state index in [9.17, 15) is 14.9 Å². The van der Waals surface area contributed by atoms with E-state index in [0.29, 0.717) is 5.69 Å². The first kappa shape index (κ1) is 14.9. The van der Waals surface area contributed by atoms with E-state index in [4.69, 9.17) is 5.73 Å². The van der Waals surface area contributed by atoms with Crippen molar-refractivity contribution in [3.8, 4) is 0 Å². The maximum atomic E-state index is 11.1. The van der Waals surface area contributed by atoms with Gasteiger partial charge in [-0.15, -0.1) is 0 Å². The Bertz CT molecular complexity index is 474. The molecule has 1 amide bonds. The Hall–Kier alpha value is -2.11. The monoisotopic (exact) mass is 265 g/mol. The first-order valence-corrected chi connectivity index (χ1v) is 6.30. The fourth-order valence-corrected chi connectivity index (χ4v) is 1.81. The molecule has 104 valence electrons. The number of nitrogens with one attached hydrogen (secondary N) is 1. The fourth-order valence-electron chi connectivity index (χ4n) is 1.81. The summed E-state index contributed by atoms with van der Waals surface area (Å²) in [6.45, 7) is 4.04. The number of rotatable bonds is 7. The molecule has 1 rings (SSSR count). The largest absolute Gasteiger partial charge is 0.377 e. The Morgan fingerprint density at radius 1 is 1.53 bits per heavy atom. The first-order valence-electron chi connectivity index (χ1n) is 6.30. The van der Waals surface area contributed by atoms with E-state index in [1.807, 2.05) is 6.92 Å². The number of nitrogens with two attached hydrogens (primary N) is 1. The molecule has 0 aliphatic carbocycles. The fraction of sp³-hybridized carbons (Fsp3) is 0.462. The summed E-state index contributed by atoms with van der Waals surface area (Å²) in [5.74, 6) is -0.598. The SMILES string of the molecule is CCCCC(C)Nc1cc(C(N)=O)ccc1[N+](=O)[O-]. The van der Waals surface area contributed by atoms with E-state index in [0.717, 1.165) is 19.3 Å². The number of anilines is 1. The van der Waals surface area contributed by atoms with E-state index < -0.39 is 10.8 Å². The molecule has 1 atom stereocenters. The number of nitro groups is 1. The van der Waals surface area contributed by atoms with Crippen LogP contribution in [0.5, 0.6) is 0 Å². The lowest BCUT2D eigenvalue weighted by Crippen LogP contribution is -2.17. The molecule has 0 heterocycles. The normalized spacial score (nSPS) is 11.9. The lowest BCUT2D eigenvalue weighted by Gasteiger charge is -2.15. The molecular weight excluding hydrogens is 246 g/mol. The summed E-state index contributed by atoms with van der Waals surface area (Å²) in [5.41, 5.74) is 5.73. The lowest BCUT2D eigenvalue weighted by atomic mass is 10.1. The second-order valence-electron chi connectivity index (χ2n) is 4.54. The third-order valence-electron chi connectivity index (χ3n) is 2.87. The van der Waals surface area contributed by atoms with Gasteiger partial charge in [-0.25, -0.2) is 0 Å². The van der Waals surface area contributed by atoms with Crippen LogP contribution in [0.15, 0.2) is 18.2 Å². The maximum absolute atomic E-state index is 11.1. The quantitative estimate of drug-likeness (QED) is 0.585. The Kier molecular flexibility index (Phi) is 5.29. The van der Waals surface area contributed by atoms with Gasteiger partial charge in [0.25, 0.3) is 5.69 Å². The van der Waals surface area contributed by atoms with Crippen LogP contribution in [-0.4, -0.2) is 16.9 Å². The van der Waals surface area contributed by atoms with Crippen molar-refractivity contribution in [2.75, 3.05) is 5.32 Å². The van der Waals surface area contributed by atoms with Crippen LogP contribution in [0.25, 0.3) is 0 Å². The van der Waals surface area contributed by atoms with Gasteiger partial charge in [0.1, 0.15) is 5.69 Å². The Morgan fingerprint density at radius 2 is 2.21 bits per heavy atom. The van der Waals surface area contributed by atoms with Gasteiger partial charge in [-0.2, -0.15) is 0 Å². The molecule has 0 aliphatic heterocycles. The molecule has 0 bridgehead atoms. The zero-order valence-corrected chi connectivity index (χ0v) is 11.2. The zero-order chi connectivity index (χ0) is 14.4. The van der Waals surface area contributed by atoms with Crippen LogP contribution in [0.3, 0.4) is 0 Å². The number of unbranched alkanes of at least 4 members (excludes halogenated alkanes) is 1. The average Bonchev–Trinajstić information content (AvgIpc) is 2.35. The summed E-state index contributed by atoms with van der Waals surface area (Å²) in [7, 11) is 0. The molecule has 0 fully saturated rings. The highest BCUT2D eigenvalue weighted by Gasteiger charge is 2.17. The Labute approximate surface area is 112 Å². The molecule has 3 N–H and O–H groups in total. The first-order chi connectivity index (χ1) is 8.95. The Morgan fingerprint density at radius 3 is 2.74 bits per heavy atom. The van der Waals surface area contributed by atoms with Gasteiger partial charge < -0.3 is 11.1 Å². The molecule has 0 spiro atoms. The van der Waals surface area contributed by atoms with E-state index in [1.165, 1.54) is 18.2 Å². The number of nitro benzene ring substituents is 1.